The van der Waals surface area contributed by atoms with E-state index in [-0.39, 0.29) is 0 Å². The topological polar surface area (TPSA) is 12.0 Å². The Morgan fingerprint density at radius 3 is 2.67 bits per heavy atom. The summed E-state index contributed by atoms with van der Waals surface area (Å²) >= 11 is 0. The summed E-state index contributed by atoms with van der Waals surface area (Å²) in [4.78, 5) is 0. The van der Waals surface area contributed by atoms with Gasteiger partial charge < -0.3 is 5.32 Å². The summed E-state index contributed by atoms with van der Waals surface area (Å²) in [5, 5.41) is 3.25. The molecule has 1 aliphatic carbocycles. The van der Waals surface area contributed by atoms with E-state index in [2.05, 4.69) is 49.7 Å². The van der Waals surface area contributed by atoms with Gasteiger partial charge in [-0.25, -0.2) is 0 Å². The molecule has 0 radical (unpaired) electrons. The third kappa shape index (κ3) is 5.99. The predicted molar refractivity (Wildman–Crippen MR) is 118 cm³/mol. The van der Waals surface area contributed by atoms with Gasteiger partial charge in [0.2, 0.25) is 0 Å². The van der Waals surface area contributed by atoms with Gasteiger partial charge in [-0.3, -0.25) is 0 Å². The quantitative estimate of drug-likeness (QED) is 0.515. The van der Waals surface area contributed by atoms with Crippen molar-refractivity contribution in [3.05, 3.63) is 83.1 Å². The molecule has 1 saturated carbocycles. The van der Waals surface area contributed by atoms with Crippen LogP contribution < -0.4 is 5.32 Å². The van der Waals surface area contributed by atoms with Gasteiger partial charge in [-0.05, 0) is 78.6 Å². The maximum absolute atomic E-state index is 4.31. The molecule has 0 amide bonds. The Labute approximate surface area is 166 Å². The Bertz CT molecular complexity index is 729. The lowest BCUT2D eigenvalue weighted by molar-refractivity contribution is 0.339. The van der Waals surface area contributed by atoms with Crippen LogP contribution in [0.25, 0.3) is 0 Å². The van der Waals surface area contributed by atoms with Crippen molar-refractivity contribution in [2.24, 2.45) is 5.92 Å². The summed E-state index contributed by atoms with van der Waals surface area (Å²) in [5.74, 6) is 0.960. The van der Waals surface area contributed by atoms with Crippen molar-refractivity contribution in [1.29, 1.82) is 0 Å². The Morgan fingerprint density at radius 2 is 1.96 bits per heavy atom. The summed E-state index contributed by atoms with van der Waals surface area (Å²) in [6.07, 6.45) is 17.8. The summed E-state index contributed by atoms with van der Waals surface area (Å²) in [6.45, 7) is 11.7. The molecule has 144 valence electrons. The van der Waals surface area contributed by atoms with Gasteiger partial charge in [-0.15, -0.1) is 0 Å². The monoisotopic (exact) mass is 361 g/mol. The molecule has 1 N–H and O–H groups in total. The number of rotatable bonds is 8. The van der Waals surface area contributed by atoms with E-state index < -0.39 is 0 Å². The minimum Gasteiger partial charge on any atom is -0.387 e. The van der Waals surface area contributed by atoms with Crippen molar-refractivity contribution in [2.45, 2.75) is 64.7 Å². The van der Waals surface area contributed by atoms with E-state index >= 15 is 0 Å². The van der Waals surface area contributed by atoms with Crippen LogP contribution in [0.3, 0.4) is 0 Å². The first-order valence-corrected chi connectivity index (χ1v) is 10.6. The average Bonchev–Trinajstić information content (AvgIpc) is 2.68. The molecule has 0 aromatic heterocycles. The highest BCUT2D eigenvalue weighted by atomic mass is 14.8. The molecule has 3 rings (SSSR count). The normalized spacial score (nSPS) is 17.3. The van der Waals surface area contributed by atoms with Crippen LogP contribution in [0.15, 0.2) is 66.4 Å². The zero-order valence-electron chi connectivity index (χ0n) is 17.0. The Hall–Kier alpha value is -2.02. The van der Waals surface area contributed by atoms with Gasteiger partial charge in [-0.1, -0.05) is 75.1 Å². The highest BCUT2D eigenvalue weighted by Gasteiger charge is 2.14. The van der Waals surface area contributed by atoms with E-state index in [9.17, 15) is 0 Å². The second-order valence-corrected chi connectivity index (χ2v) is 8.44. The van der Waals surface area contributed by atoms with Crippen molar-refractivity contribution in [3.8, 4) is 0 Å². The van der Waals surface area contributed by atoms with Crippen LogP contribution in [0.5, 0.6) is 0 Å². The maximum Gasteiger partial charge on any atom is 0.0397 e. The molecule has 1 heteroatoms. The molecule has 2 aliphatic rings. The van der Waals surface area contributed by atoms with Crippen LogP contribution in [0.4, 0.5) is 0 Å². The van der Waals surface area contributed by atoms with Gasteiger partial charge in [0.25, 0.3) is 0 Å². The van der Waals surface area contributed by atoms with Gasteiger partial charge in [0.1, 0.15) is 0 Å². The standard InChI is InChI=1S/C26H35N/c1-20(16-21(2)26-10-7-15-27-19-26)17-24-12-14-25(22(3)18-24)13-11-23-8-5-4-6-9-23/h7,10,12,14-15,18,23,27H,1-2,4-6,8-9,11,13,16-17,19H2,3H3. The van der Waals surface area contributed by atoms with Crippen LogP contribution >= 0.6 is 0 Å². The van der Waals surface area contributed by atoms with Crippen molar-refractivity contribution in [2.75, 3.05) is 6.54 Å². The zero-order valence-corrected chi connectivity index (χ0v) is 17.0. The van der Waals surface area contributed by atoms with Crippen LogP contribution in [0, 0.1) is 12.8 Å². The second-order valence-electron chi connectivity index (χ2n) is 8.44. The predicted octanol–water partition coefficient (Wildman–Crippen LogP) is 6.60. The van der Waals surface area contributed by atoms with Gasteiger partial charge in [0.15, 0.2) is 0 Å². The lowest BCUT2D eigenvalue weighted by Crippen LogP contribution is -2.14. The molecule has 1 aliphatic heterocycles. The fraction of sp³-hybridized carbons (Fsp3) is 0.462. The maximum atomic E-state index is 4.31. The van der Waals surface area contributed by atoms with Crippen LogP contribution in [0.1, 0.15) is 61.6 Å². The van der Waals surface area contributed by atoms with Crippen LogP contribution in [-0.4, -0.2) is 6.54 Å². The molecule has 0 unspecified atom stereocenters. The lowest BCUT2D eigenvalue weighted by atomic mass is 9.84. The Morgan fingerprint density at radius 1 is 1.15 bits per heavy atom. The van der Waals surface area contributed by atoms with E-state index in [1.165, 1.54) is 78.4 Å². The summed E-state index contributed by atoms with van der Waals surface area (Å²) in [6, 6.07) is 7.03. The first-order chi connectivity index (χ1) is 13.1. The van der Waals surface area contributed by atoms with Crippen molar-refractivity contribution >= 4 is 0 Å². The van der Waals surface area contributed by atoms with Gasteiger partial charge >= 0.3 is 0 Å². The molecule has 0 atom stereocenters. The SMILES string of the molecule is C=C(CC(=C)C1=CC=CNC1)Cc1ccc(CCC2CCCCC2)c(C)c1. The molecule has 0 bridgehead atoms. The molecule has 1 nitrogen and oxygen atoms in total. The minimum absolute atomic E-state index is 0.872. The molecule has 1 aromatic carbocycles. The van der Waals surface area contributed by atoms with Gasteiger partial charge in [-0.2, -0.15) is 0 Å². The van der Waals surface area contributed by atoms with Gasteiger partial charge in [0.05, 0.1) is 0 Å². The molecule has 1 fully saturated rings. The third-order valence-corrected chi connectivity index (χ3v) is 6.13. The second kappa shape index (κ2) is 9.78. The van der Waals surface area contributed by atoms with E-state index in [1.54, 1.807) is 0 Å². The Balaban J connectivity index is 1.50. The lowest BCUT2D eigenvalue weighted by Gasteiger charge is -2.21. The third-order valence-electron chi connectivity index (χ3n) is 6.13. The smallest absolute Gasteiger partial charge is 0.0397 e. The first kappa shape index (κ1) is 19.7. The Kier molecular flexibility index (Phi) is 7.15. The molecule has 0 spiro atoms. The summed E-state index contributed by atoms with van der Waals surface area (Å²) < 4.78 is 0. The van der Waals surface area contributed by atoms with Gasteiger partial charge in [0, 0.05) is 6.54 Å². The zero-order chi connectivity index (χ0) is 19.1. The molecule has 27 heavy (non-hydrogen) atoms. The fourth-order valence-electron chi connectivity index (χ4n) is 4.45. The number of nitrogens with one attached hydrogen (secondary N) is 1. The number of aryl methyl sites for hydroxylation is 2. The highest BCUT2D eigenvalue weighted by Crippen LogP contribution is 2.28. The summed E-state index contributed by atoms with van der Waals surface area (Å²) in [7, 11) is 0. The van der Waals surface area contributed by atoms with E-state index in [0.29, 0.717) is 0 Å². The van der Waals surface area contributed by atoms with Crippen LogP contribution in [-0.2, 0) is 12.8 Å². The molecular formula is C26H35N. The van der Waals surface area contributed by atoms with Crippen molar-refractivity contribution in [3.63, 3.8) is 0 Å². The van der Waals surface area contributed by atoms with Crippen molar-refractivity contribution < 1.29 is 0 Å². The molecule has 0 saturated heterocycles. The minimum atomic E-state index is 0.872. The van der Waals surface area contributed by atoms with E-state index in [1.807, 2.05) is 12.3 Å². The molecule has 1 heterocycles. The highest BCUT2D eigenvalue weighted by molar-refractivity contribution is 5.39. The van der Waals surface area contributed by atoms with E-state index in [0.717, 1.165) is 25.3 Å². The van der Waals surface area contributed by atoms with Crippen LogP contribution in [0.2, 0.25) is 0 Å². The molecular weight excluding hydrogens is 326 g/mol. The average molecular weight is 362 g/mol. The number of hydrogen-bond donors (Lipinski definition) is 1. The first-order valence-electron chi connectivity index (χ1n) is 10.6. The number of allylic oxidation sites excluding steroid dienone is 3. The van der Waals surface area contributed by atoms with Crippen molar-refractivity contribution in [1.82, 2.24) is 5.32 Å². The number of benzene rings is 1. The fourth-order valence-corrected chi connectivity index (χ4v) is 4.45. The molecule has 1 aromatic rings. The van der Waals surface area contributed by atoms with E-state index in [4.69, 9.17) is 0 Å². The largest absolute Gasteiger partial charge is 0.387 e. The number of dihydropyridines is 1. The number of hydrogen-bond acceptors (Lipinski definition) is 1. The summed E-state index contributed by atoms with van der Waals surface area (Å²) in [5.41, 5.74) is 8.06.